The van der Waals surface area contributed by atoms with E-state index < -0.39 is 20.6 Å². The SMILES string of the molecule is C[Si](C)(C)OC(c1ccccn1)C(F)(F)F. The largest absolute Gasteiger partial charge is 0.419 e. The number of pyridine rings is 1. The van der Waals surface area contributed by atoms with Crippen LogP contribution in [0.5, 0.6) is 0 Å². The third-order valence-electron chi connectivity index (χ3n) is 1.73. The Morgan fingerprint density at radius 2 is 1.88 bits per heavy atom. The summed E-state index contributed by atoms with van der Waals surface area (Å²) in [5.41, 5.74) is -0.0857. The summed E-state index contributed by atoms with van der Waals surface area (Å²) in [4.78, 5) is 3.71. The summed E-state index contributed by atoms with van der Waals surface area (Å²) in [5.74, 6) is 0. The van der Waals surface area contributed by atoms with Gasteiger partial charge in [0.2, 0.25) is 0 Å². The van der Waals surface area contributed by atoms with E-state index in [4.69, 9.17) is 4.43 Å². The Bertz CT molecular complexity index is 334. The standard InChI is InChI=1S/C10H14F3NOSi/c1-16(2,3)15-9(10(11,12)13)8-6-4-5-7-14-8/h4-7,9H,1-3H3. The third-order valence-corrected chi connectivity index (χ3v) is 2.67. The quantitative estimate of drug-likeness (QED) is 0.764. The molecular weight excluding hydrogens is 235 g/mol. The Balaban J connectivity index is 2.98. The zero-order valence-corrected chi connectivity index (χ0v) is 10.4. The van der Waals surface area contributed by atoms with Gasteiger partial charge in [0.05, 0.1) is 5.69 Å². The lowest BCUT2D eigenvalue weighted by Crippen LogP contribution is -2.35. The topological polar surface area (TPSA) is 22.1 Å². The van der Waals surface area contributed by atoms with Gasteiger partial charge in [0.15, 0.2) is 14.4 Å². The van der Waals surface area contributed by atoms with E-state index in [1.165, 1.54) is 18.3 Å². The van der Waals surface area contributed by atoms with Crippen LogP contribution in [0.15, 0.2) is 24.4 Å². The van der Waals surface area contributed by atoms with Gasteiger partial charge in [0, 0.05) is 6.20 Å². The molecule has 0 radical (unpaired) electrons. The Kier molecular flexibility index (Phi) is 3.74. The second kappa shape index (κ2) is 4.55. The molecule has 0 aliphatic carbocycles. The summed E-state index contributed by atoms with van der Waals surface area (Å²) in [6.45, 7) is 5.15. The molecule has 1 rings (SSSR count). The van der Waals surface area contributed by atoms with Crippen molar-refractivity contribution < 1.29 is 17.6 Å². The molecule has 0 fully saturated rings. The molecular formula is C10H14F3NOSi. The third kappa shape index (κ3) is 3.94. The fourth-order valence-electron chi connectivity index (χ4n) is 1.18. The van der Waals surface area contributed by atoms with Crippen LogP contribution < -0.4 is 0 Å². The predicted octanol–water partition coefficient (Wildman–Crippen LogP) is 3.54. The highest BCUT2D eigenvalue weighted by Crippen LogP contribution is 2.36. The van der Waals surface area contributed by atoms with Crippen molar-refractivity contribution in [2.75, 3.05) is 0 Å². The minimum atomic E-state index is -4.42. The highest BCUT2D eigenvalue weighted by Gasteiger charge is 2.44. The van der Waals surface area contributed by atoms with Crippen LogP contribution in [-0.2, 0) is 4.43 Å². The smallest absolute Gasteiger partial charge is 0.402 e. The van der Waals surface area contributed by atoms with Crippen LogP contribution in [0.2, 0.25) is 19.6 Å². The summed E-state index contributed by atoms with van der Waals surface area (Å²) in [6, 6.07) is 4.43. The first-order valence-electron chi connectivity index (χ1n) is 4.85. The maximum atomic E-state index is 12.8. The van der Waals surface area contributed by atoms with Crippen molar-refractivity contribution in [3.63, 3.8) is 0 Å². The summed E-state index contributed by atoms with van der Waals surface area (Å²) in [6.07, 6.45) is -5.00. The van der Waals surface area contributed by atoms with E-state index in [1.807, 2.05) is 0 Å². The predicted molar refractivity (Wildman–Crippen MR) is 57.5 cm³/mol. The number of halogens is 3. The van der Waals surface area contributed by atoms with Crippen molar-refractivity contribution in [3.8, 4) is 0 Å². The van der Waals surface area contributed by atoms with Gasteiger partial charge < -0.3 is 4.43 Å². The second-order valence-corrected chi connectivity index (χ2v) is 8.87. The Morgan fingerprint density at radius 1 is 1.25 bits per heavy atom. The monoisotopic (exact) mass is 249 g/mol. The lowest BCUT2D eigenvalue weighted by molar-refractivity contribution is -0.201. The van der Waals surface area contributed by atoms with Gasteiger partial charge in [-0.2, -0.15) is 13.2 Å². The molecule has 0 saturated carbocycles. The van der Waals surface area contributed by atoms with E-state index in [1.54, 1.807) is 25.7 Å². The van der Waals surface area contributed by atoms with Crippen LogP contribution in [0.1, 0.15) is 11.8 Å². The lowest BCUT2D eigenvalue weighted by atomic mass is 10.2. The van der Waals surface area contributed by atoms with Crippen LogP contribution in [0.4, 0.5) is 13.2 Å². The molecule has 2 nitrogen and oxygen atoms in total. The molecule has 16 heavy (non-hydrogen) atoms. The first kappa shape index (κ1) is 13.2. The number of hydrogen-bond acceptors (Lipinski definition) is 2. The molecule has 1 heterocycles. The second-order valence-electron chi connectivity index (χ2n) is 4.41. The van der Waals surface area contributed by atoms with Crippen LogP contribution in [-0.4, -0.2) is 19.5 Å². The first-order valence-corrected chi connectivity index (χ1v) is 8.26. The van der Waals surface area contributed by atoms with Crippen molar-refractivity contribution in [2.45, 2.75) is 31.9 Å². The van der Waals surface area contributed by atoms with Gasteiger partial charge >= 0.3 is 6.18 Å². The number of aromatic nitrogens is 1. The van der Waals surface area contributed by atoms with Crippen molar-refractivity contribution >= 4 is 8.32 Å². The molecule has 0 N–H and O–H groups in total. The molecule has 6 heteroatoms. The summed E-state index contributed by atoms with van der Waals surface area (Å²) >= 11 is 0. The van der Waals surface area contributed by atoms with E-state index in [0.29, 0.717) is 0 Å². The molecule has 1 unspecified atom stereocenters. The van der Waals surface area contributed by atoms with Gasteiger partial charge in [-0.3, -0.25) is 4.98 Å². The highest BCUT2D eigenvalue weighted by atomic mass is 28.4. The number of alkyl halides is 3. The lowest BCUT2D eigenvalue weighted by Gasteiger charge is -2.27. The van der Waals surface area contributed by atoms with Crippen molar-refractivity contribution in [2.24, 2.45) is 0 Å². The number of nitrogens with zero attached hydrogens (tertiary/aromatic N) is 1. The molecule has 0 aliphatic rings. The molecule has 0 amide bonds. The van der Waals surface area contributed by atoms with E-state index in [9.17, 15) is 13.2 Å². The molecule has 0 spiro atoms. The van der Waals surface area contributed by atoms with Gasteiger partial charge in [-0.15, -0.1) is 0 Å². The zero-order valence-electron chi connectivity index (χ0n) is 9.38. The molecule has 90 valence electrons. The van der Waals surface area contributed by atoms with Gasteiger partial charge in [0.25, 0.3) is 0 Å². The number of hydrogen-bond donors (Lipinski definition) is 0. The van der Waals surface area contributed by atoms with Gasteiger partial charge in [-0.05, 0) is 31.8 Å². The minimum absolute atomic E-state index is 0.0857. The molecule has 1 atom stereocenters. The minimum Gasteiger partial charge on any atom is -0.402 e. The molecule has 1 aromatic heterocycles. The van der Waals surface area contributed by atoms with Gasteiger partial charge in [-0.25, -0.2) is 0 Å². The van der Waals surface area contributed by atoms with E-state index in [0.717, 1.165) is 0 Å². The van der Waals surface area contributed by atoms with E-state index in [2.05, 4.69) is 4.98 Å². The Morgan fingerprint density at radius 3 is 2.25 bits per heavy atom. The Hall–Kier alpha value is -0.883. The average Bonchev–Trinajstić information content (AvgIpc) is 2.13. The van der Waals surface area contributed by atoms with Crippen LogP contribution in [0.25, 0.3) is 0 Å². The van der Waals surface area contributed by atoms with Crippen molar-refractivity contribution in [1.82, 2.24) is 4.98 Å². The van der Waals surface area contributed by atoms with Gasteiger partial charge in [-0.1, -0.05) is 6.07 Å². The van der Waals surface area contributed by atoms with Crippen molar-refractivity contribution in [3.05, 3.63) is 30.1 Å². The van der Waals surface area contributed by atoms with E-state index >= 15 is 0 Å². The fourth-order valence-corrected chi connectivity index (χ4v) is 2.14. The van der Waals surface area contributed by atoms with Crippen LogP contribution in [0, 0.1) is 0 Å². The highest BCUT2D eigenvalue weighted by molar-refractivity contribution is 6.69. The summed E-state index contributed by atoms with van der Waals surface area (Å²) < 4.78 is 43.5. The molecule has 0 saturated heterocycles. The maximum absolute atomic E-state index is 12.8. The molecule has 0 aromatic carbocycles. The Labute approximate surface area is 93.6 Å². The molecule has 0 bridgehead atoms. The summed E-state index contributed by atoms with van der Waals surface area (Å²) in [7, 11) is -2.27. The number of rotatable bonds is 3. The van der Waals surface area contributed by atoms with Gasteiger partial charge in [0.1, 0.15) is 0 Å². The maximum Gasteiger partial charge on any atom is 0.419 e. The van der Waals surface area contributed by atoms with Crippen LogP contribution in [0.3, 0.4) is 0 Å². The average molecular weight is 249 g/mol. The fraction of sp³-hybridized carbons (Fsp3) is 0.500. The summed E-state index contributed by atoms with van der Waals surface area (Å²) in [5, 5.41) is 0. The van der Waals surface area contributed by atoms with E-state index in [-0.39, 0.29) is 5.69 Å². The molecule has 0 aliphatic heterocycles. The molecule has 1 aromatic rings. The van der Waals surface area contributed by atoms with Crippen LogP contribution >= 0.6 is 0 Å². The first-order chi connectivity index (χ1) is 7.20. The van der Waals surface area contributed by atoms with Crippen molar-refractivity contribution in [1.29, 1.82) is 0 Å². The zero-order chi connectivity index (χ0) is 12.4. The normalized spacial score (nSPS) is 14.9.